The minimum atomic E-state index is -0.791. The molecule has 1 saturated heterocycles. The molecular formula is C17H16N2O3. The molecule has 2 aromatic rings. The lowest BCUT2D eigenvalue weighted by Gasteiger charge is -2.20. The average molecular weight is 296 g/mol. The monoisotopic (exact) mass is 296 g/mol. The van der Waals surface area contributed by atoms with Gasteiger partial charge in [0.1, 0.15) is 0 Å². The molecule has 5 heteroatoms. The quantitative estimate of drug-likeness (QED) is 0.646. The predicted molar refractivity (Wildman–Crippen MR) is 83.4 cm³/mol. The van der Waals surface area contributed by atoms with Gasteiger partial charge in [0, 0.05) is 6.04 Å². The van der Waals surface area contributed by atoms with Crippen LogP contribution in [0.2, 0.25) is 0 Å². The second kappa shape index (κ2) is 5.26. The van der Waals surface area contributed by atoms with Crippen LogP contribution >= 0.6 is 0 Å². The van der Waals surface area contributed by atoms with Gasteiger partial charge < -0.3 is 0 Å². The van der Waals surface area contributed by atoms with E-state index in [0.717, 1.165) is 20.6 Å². The Labute approximate surface area is 128 Å². The summed E-state index contributed by atoms with van der Waals surface area (Å²) in [6, 6.07) is 12.1. The normalized spacial score (nSPS) is 16.7. The van der Waals surface area contributed by atoms with Gasteiger partial charge in [-0.05, 0) is 36.2 Å². The first-order chi connectivity index (χ1) is 10.5. The summed E-state index contributed by atoms with van der Waals surface area (Å²) in [7, 11) is 0. The van der Waals surface area contributed by atoms with E-state index in [2.05, 4.69) is 0 Å². The lowest BCUT2D eigenvalue weighted by atomic mass is 10.1. The van der Waals surface area contributed by atoms with Crippen LogP contribution in [0.5, 0.6) is 0 Å². The second-order valence-electron chi connectivity index (χ2n) is 5.39. The number of fused-ring (bicyclic) bond motifs is 1. The van der Waals surface area contributed by atoms with Crippen LogP contribution in [0.1, 0.15) is 20.3 Å². The van der Waals surface area contributed by atoms with Gasteiger partial charge in [0.2, 0.25) is 0 Å². The number of carbonyl (C=O) groups excluding carboxylic acids is 3. The van der Waals surface area contributed by atoms with Crippen LogP contribution in [0.25, 0.3) is 10.8 Å². The second-order valence-corrected chi connectivity index (χ2v) is 5.39. The summed E-state index contributed by atoms with van der Waals surface area (Å²) in [5.74, 6) is -1.55. The fourth-order valence-corrected chi connectivity index (χ4v) is 2.59. The molecule has 0 saturated carbocycles. The Bertz CT molecular complexity index is 784. The van der Waals surface area contributed by atoms with Crippen LogP contribution in [0.3, 0.4) is 0 Å². The maximum absolute atomic E-state index is 12.5. The van der Waals surface area contributed by atoms with Gasteiger partial charge >= 0.3 is 17.8 Å². The van der Waals surface area contributed by atoms with Crippen molar-refractivity contribution in [1.82, 2.24) is 4.90 Å². The van der Waals surface area contributed by atoms with Crippen molar-refractivity contribution in [2.45, 2.75) is 26.3 Å². The fourth-order valence-electron chi connectivity index (χ4n) is 2.59. The highest BCUT2D eigenvalue weighted by molar-refractivity contribution is 6.53. The number of benzene rings is 2. The van der Waals surface area contributed by atoms with E-state index in [1.807, 2.05) is 37.3 Å². The molecule has 0 aliphatic carbocycles. The van der Waals surface area contributed by atoms with E-state index in [9.17, 15) is 14.4 Å². The SMILES string of the molecule is CC[C@H](C)N1C(=O)C(=O)N(c2ccc3ccccc3c2)C1=O. The summed E-state index contributed by atoms with van der Waals surface area (Å²) in [4.78, 5) is 38.7. The topological polar surface area (TPSA) is 57.7 Å². The number of imide groups is 2. The van der Waals surface area contributed by atoms with Crippen LogP contribution in [0.4, 0.5) is 10.5 Å². The van der Waals surface area contributed by atoms with E-state index in [-0.39, 0.29) is 6.04 Å². The van der Waals surface area contributed by atoms with Gasteiger partial charge in [0.05, 0.1) is 5.69 Å². The molecule has 1 fully saturated rings. The molecule has 1 aliphatic heterocycles. The first-order valence-corrected chi connectivity index (χ1v) is 7.25. The van der Waals surface area contributed by atoms with Crippen molar-refractivity contribution in [3.63, 3.8) is 0 Å². The summed E-state index contributed by atoms with van der Waals surface area (Å²) >= 11 is 0. The van der Waals surface area contributed by atoms with Crippen LogP contribution in [0, 0.1) is 0 Å². The Morgan fingerprint density at radius 3 is 2.32 bits per heavy atom. The van der Waals surface area contributed by atoms with Crippen molar-refractivity contribution < 1.29 is 14.4 Å². The molecule has 0 spiro atoms. The van der Waals surface area contributed by atoms with Gasteiger partial charge in [0.15, 0.2) is 0 Å². The van der Waals surface area contributed by atoms with E-state index in [1.54, 1.807) is 19.1 Å². The maximum atomic E-state index is 12.5. The summed E-state index contributed by atoms with van der Waals surface area (Å²) < 4.78 is 0. The van der Waals surface area contributed by atoms with Crippen molar-refractivity contribution in [3.8, 4) is 0 Å². The number of amides is 4. The number of hydrogen-bond donors (Lipinski definition) is 0. The summed E-state index contributed by atoms with van der Waals surface area (Å²) in [5.41, 5.74) is 0.424. The zero-order chi connectivity index (χ0) is 15.9. The van der Waals surface area contributed by atoms with Crippen molar-refractivity contribution >= 4 is 34.3 Å². The Kier molecular flexibility index (Phi) is 3.41. The van der Waals surface area contributed by atoms with Crippen molar-refractivity contribution in [2.24, 2.45) is 0 Å². The summed E-state index contributed by atoms with van der Waals surface area (Å²) in [6.07, 6.45) is 0.607. The smallest absolute Gasteiger partial charge is 0.263 e. The molecule has 0 aromatic heterocycles. The number of hydrogen-bond acceptors (Lipinski definition) is 3. The third-order valence-corrected chi connectivity index (χ3v) is 4.03. The largest absolute Gasteiger partial charge is 0.339 e. The molecule has 1 atom stereocenters. The van der Waals surface area contributed by atoms with Crippen molar-refractivity contribution in [1.29, 1.82) is 0 Å². The molecule has 0 radical (unpaired) electrons. The third kappa shape index (κ3) is 2.06. The molecule has 22 heavy (non-hydrogen) atoms. The average Bonchev–Trinajstić information content (AvgIpc) is 2.76. The first kappa shape index (κ1) is 14.3. The summed E-state index contributed by atoms with van der Waals surface area (Å²) in [6.45, 7) is 3.63. The standard InChI is InChI=1S/C17H16N2O3/c1-3-11(2)18-15(20)16(21)19(17(18)22)14-9-8-12-6-4-5-7-13(12)10-14/h4-11H,3H2,1-2H3/t11-/m0/s1. The third-order valence-electron chi connectivity index (χ3n) is 4.03. The lowest BCUT2D eigenvalue weighted by Crippen LogP contribution is -2.39. The van der Waals surface area contributed by atoms with Crippen molar-refractivity contribution in [3.05, 3.63) is 42.5 Å². The maximum Gasteiger partial charge on any atom is 0.339 e. The van der Waals surface area contributed by atoms with Gasteiger partial charge in [-0.3, -0.25) is 14.5 Å². The van der Waals surface area contributed by atoms with Crippen LogP contribution in [0.15, 0.2) is 42.5 Å². The number of carbonyl (C=O) groups is 3. The lowest BCUT2D eigenvalue weighted by molar-refractivity contribution is -0.140. The Morgan fingerprint density at radius 2 is 1.64 bits per heavy atom. The number of nitrogens with zero attached hydrogens (tertiary/aromatic N) is 2. The van der Waals surface area contributed by atoms with Crippen LogP contribution < -0.4 is 4.90 Å². The van der Waals surface area contributed by atoms with E-state index in [0.29, 0.717) is 12.1 Å². The highest BCUT2D eigenvalue weighted by Crippen LogP contribution is 2.27. The van der Waals surface area contributed by atoms with Crippen LogP contribution in [-0.2, 0) is 9.59 Å². The van der Waals surface area contributed by atoms with E-state index in [4.69, 9.17) is 0 Å². The van der Waals surface area contributed by atoms with Crippen molar-refractivity contribution in [2.75, 3.05) is 4.90 Å². The van der Waals surface area contributed by atoms with Gasteiger partial charge in [-0.25, -0.2) is 9.69 Å². The van der Waals surface area contributed by atoms with E-state index in [1.165, 1.54) is 0 Å². The molecule has 1 aliphatic rings. The fraction of sp³-hybridized carbons (Fsp3) is 0.235. The highest BCUT2D eigenvalue weighted by Gasteiger charge is 2.47. The molecule has 1 heterocycles. The molecule has 0 N–H and O–H groups in total. The molecule has 0 bridgehead atoms. The number of anilines is 1. The van der Waals surface area contributed by atoms with E-state index >= 15 is 0 Å². The summed E-state index contributed by atoms with van der Waals surface area (Å²) in [5, 5.41) is 1.92. The number of rotatable bonds is 3. The molecular weight excluding hydrogens is 280 g/mol. The molecule has 4 amide bonds. The van der Waals surface area contributed by atoms with Crippen LogP contribution in [-0.4, -0.2) is 28.8 Å². The van der Waals surface area contributed by atoms with Gasteiger partial charge in [0.25, 0.3) is 0 Å². The zero-order valence-corrected chi connectivity index (χ0v) is 12.4. The Morgan fingerprint density at radius 1 is 0.955 bits per heavy atom. The van der Waals surface area contributed by atoms with Gasteiger partial charge in [-0.15, -0.1) is 0 Å². The molecule has 0 unspecified atom stereocenters. The molecule has 5 nitrogen and oxygen atoms in total. The van der Waals surface area contributed by atoms with Gasteiger partial charge in [-0.1, -0.05) is 37.3 Å². The Balaban J connectivity index is 2.04. The van der Waals surface area contributed by atoms with Gasteiger partial charge in [-0.2, -0.15) is 0 Å². The molecule has 2 aromatic carbocycles. The number of urea groups is 1. The first-order valence-electron chi connectivity index (χ1n) is 7.25. The Hall–Kier alpha value is -2.69. The molecule has 3 rings (SSSR count). The zero-order valence-electron chi connectivity index (χ0n) is 12.4. The predicted octanol–water partition coefficient (Wildman–Crippen LogP) is 2.93. The minimum absolute atomic E-state index is 0.297. The molecule has 112 valence electrons. The minimum Gasteiger partial charge on any atom is -0.263 e. The highest BCUT2D eigenvalue weighted by atomic mass is 16.2. The van der Waals surface area contributed by atoms with E-state index < -0.39 is 17.8 Å².